The van der Waals surface area contributed by atoms with E-state index in [2.05, 4.69) is 29.7 Å². The lowest BCUT2D eigenvalue weighted by atomic mass is 10.2. The van der Waals surface area contributed by atoms with E-state index in [0.29, 0.717) is 25.3 Å². The summed E-state index contributed by atoms with van der Waals surface area (Å²) in [5, 5.41) is 10.6. The highest BCUT2D eigenvalue weighted by Gasteiger charge is 2.19. The van der Waals surface area contributed by atoms with E-state index in [4.69, 9.17) is 0 Å². The summed E-state index contributed by atoms with van der Waals surface area (Å²) in [6.07, 6.45) is 0. The van der Waals surface area contributed by atoms with E-state index in [1.54, 1.807) is 12.1 Å². The third kappa shape index (κ3) is 3.38. The predicted octanol–water partition coefficient (Wildman–Crippen LogP) is 4.19. The van der Waals surface area contributed by atoms with Crippen LogP contribution in [0, 0.1) is 6.92 Å². The Morgan fingerprint density at radius 1 is 1.04 bits per heavy atom. The molecular weight excluding hydrogens is 312 g/mol. The number of nitrogens with zero attached hydrogens (tertiary/aromatic N) is 2. The molecule has 0 aliphatic carbocycles. The number of rotatable bonds is 5. The van der Waals surface area contributed by atoms with Crippen molar-refractivity contribution in [1.29, 1.82) is 0 Å². The summed E-state index contributed by atoms with van der Waals surface area (Å²) in [5.41, 5.74) is 3.98. The summed E-state index contributed by atoms with van der Waals surface area (Å²) in [7, 11) is 0. The number of amides is 1. The van der Waals surface area contributed by atoms with Crippen molar-refractivity contribution in [3.8, 4) is 5.75 Å². The van der Waals surface area contributed by atoms with Crippen molar-refractivity contribution in [2.24, 2.45) is 0 Å². The molecule has 0 aliphatic rings. The van der Waals surface area contributed by atoms with Crippen LogP contribution in [0.3, 0.4) is 0 Å². The van der Waals surface area contributed by atoms with Gasteiger partial charge in [-0.1, -0.05) is 23.8 Å². The fourth-order valence-electron chi connectivity index (χ4n) is 3.19. The minimum absolute atomic E-state index is 0.0534. The van der Waals surface area contributed by atoms with Gasteiger partial charge in [-0.25, -0.2) is 0 Å². The number of aromatic nitrogens is 1. The smallest absolute Gasteiger partial charge is 0.270 e. The summed E-state index contributed by atoms with van der Waals surface area (Å²) < 4.78 is 2.07. The molecule has 4 nitrogen and oxygen atoms in total. The van der Waals surface area contributed by atoms with Crippen LogP contribution < -0.4 is 0 Å². The number of aromatic hydroxyl groups is 1. The number of carbonyl (C=O) groups excluding carboxylic acids is 1. The Bertz CT molecular complexity index is 890. The van der Waals surface area contributed by atoms with E-state index < -0.39 is 0 Å². The zero-order valence-electron chi connectivity index (χ0n) is 15.0. The maximum absolute atomic E-state index is 13.0. The van der Waals surface area contributed by atoms with E-state index in [0.717, 1.165) is 16.5 Å². The van der Waals surface area contributed by atoms with Gasteiger partial charge in [-0.3, -0.25) is 4.79 Å². The first-order valence-corrected chi connectivity index (χ1v) is 8.70. The Morgan fingerprint density at radius 3 is 2.36 bits per heavy atom. The van der Waals surface area contributed by atoms with Crippen molar-refractivity contribution in [2.45, 2.75) is 27.3 Å². The van der Waals surface area contributed by atoms with Crippen LogP contribution in [-0.4, -0.2) is 33.6 Å². The Morgan fingerprint density at radius 2 is 1.72 bits per heavy atom. The number of hydrogen-bond donors (Lipinski definition) is 1. The van der Waals surface area contributed by atoms with Crippen LogP contribution in [0.1, 0.15) is 35.5 Å². The van der Waals surface area contributed by atoms with Crippen LogP contribution in [-0.2, 0) is 6.54 Å². The molecule has 0 aliphatic heterocycles. The van der Waals surface area contributed by atoms with Crippen molar-refractivity contribution < 1.29 is 9.90 Å². The van der Waals surface area contributed by atoms with E-state index in [1.807, 2.05) is 36.9 Å². The molecule has 0 saturated heterocycles. The molecule has 1 N–H and O–H groups in total. The molecule has 4 heteroatoms. The van der Waals surface area contributed by atoms with Crippen LogP contribution in [0.4, 0.5) is 0 Å². The molecule has 0 atom stereocenters. The maximum atomic E-state index is 13.0. The molecule has 0 unspecified atom stereocenters. The molecule has 2 aromatic carbocycles. The van der Waals surface area contributed by atoms with Gasteiger partial charge in [0, 0.05) is 30.5 Å². The third-order valence-corrected chi connectivity index (χ3v) is 4.60. The lowest BCUT2D eigenvalue weighted by Crippen LogP contribution is -2.32. The molecule has 0 bridgehead atoms. The van der Waals surface area contributed by atoms with E-state index in [-0.39, 0.29) is 11.7 Å². The van der Waals surface area contributed by atoms with Crippen molar-refractivity contribution >= 4 is 16.8 Å². The zero-order valence-corrected chi connectivity index (χ0v) is 15.0. The number of phenolic OH excluding ortho intramolecular Hbond substituents is 1. The Kier molecular flexibility index (Phi) is 4.79. The second-order valence-corrected chi connectivity index (χ2v) is 6.32. The Balaban J connectivity index is 2.11. The molecule has 3 rings (SSSR count). The SMILES string of the molecule is CCN(CC)C(=O)c1cc2cc(C)ccc2n1Cc1ccc(O)cc1. The highest BCUT2D eigenvalue weighted by molar-refractivity contribution is 5.99. The average molecular weight is 336 g/mol. The number of phenols is 1. The van der Waals surface area contributed by atoms with Gasteiger partial charge in [0.1, 0.15) is 11.4 Å². The lowest BCUT2D eigenvalue weighted by Gasteiger charge is -2.20. The first-order valence-electron chi connectivity index (χ1n) is 8.70. The molecule has 3 aromatic rings. The summed E-state index contributed by atoms with van der Waals surface area (Å²) in [4.78, 5) is 14.8. The largest absolute Gasteiger partial charge is 0.508 e. The van der Waals surface area contributed by atoms with Gasteiger partial charge in [0.15, 0.2) is 0 Å². The fourth-order valence-corrected chi connectivity index (χ4v) is 3.19. The van der Waals surface area contributed by atoms with Gasteiger partial charge < -0.3 is 14.6 Å². The number of fused-ring (bicyclic) bond motifs is 1. The third-order valence-electron chi connectivity index (χ3n) is 4.60. The molecule has 1 aromatic heterocycles. The minimum Gasteiger partial charge on any atom is -0.508 e. The number of carbonyl (C=O) groups is 1. The number of benzene rings is 2. The van der Waals surface area contributed by atoms with Crippen LogP contribution in [0.15, 0.2) is 48.5 Å². The maximum Gasteiger partial charge on any atom is 0.270 e. The minimum atomic E-state index is 0.0534. The van der Waals surface area contributed by atoms with Crippen molar-refractivity contribution in [1.82, 2.24) is 9.47 Å². The first kappa shape index (κ1) is 17.1. The standard InChI is InChI=1S/C21H24N2O2/c1-4-22(5-2)21(25)20-13-17-12-15(3)6-11-19(17)23(20)14-16-7-9-18(24)10-8-16/h6-13,24H,4-5,14H2,1-3H3. The topological polar surface area (TPSA) is 45.5 Å². The molecule has 0 spiro atoms. The molecule has 0 saturated carbocycles. The lowest BCUT2D eigenvalue weighted by molar-refractivity contribution is 0.0763. The van der Waals surface area contributed by atoms with E-state index in [1.165, 1.54) is 5.56 Å². The van der Waals surface area contributed by atoms with E-state index in [9.17, 15) is 9.90 Å². The van der Waals surface area contributed by atoms with Gasteiger partial charge in [-0.05, 0) is 56.7 Å². The monoisotopic (exact) mass is 336 g/mol. The van der Waals surface area contributed by atoms with Gasteiger partial charge in [0.25, 0.3) is 5.91 Å². The molecule has 0 radical (unpaired) electrons. The van der Waals surface area contributed by atoms with Crippen LogP contribution in [0.5, 0.6) is 5.75 Å². The highest BCUT2D eigenvalue weighted by Crippen LogP contribution is 2.24. The van der Waals surface area contributed by atoms with Gasteiger partial charge >= 0.3 is 0 Å². The molecule has 1 amide bonds. The van der Waals surface area contributed by atoms with Crippen LogP contribution in [0.2, 0.25) is 0 Å². The second-order valence-electron chi connectivity index (χ2n) is 6.32. The molecule has 25 heavy (non-hydrogen) atoms. The van der Waals surface area contributed by atoms with Crippen molar-refractivity contribution in [3.63, 3.8) is 0 Å². The van der Waals surface area contributed by atoms with Gasteiger partial charge in [-0.15, -0.1) is 0 Å². The number of aryl methyl sites for hydroxylation is 1. The molecule has 1 heterocycles. The fraction of sp³-hybridized carbons (Fsp3) is 0.286. The molecule has 130 valence electrons. The molecule has 0 fully saturated rings. The molecular formula is C21H24N2O2. The quantitative estimate of drug-likeness (QED) is 0.759. The summed E-state index contributed by atoms with van der Waals surface area (Å²) in [5.74, 6) is 0.300. The van der Waals surface area contributed by atoms with Crippen LogP contribution in [0.25, 0.3) is 10.9 Å². The van der Waals surface area contributed by atoms with Gasteiger partial charge in [0.05, 0.1) is 0 Å². The first-order chi connectivity index (χ1) is 12.0. The summed E-state index contributed by atoms with van der Waals surface area (Å²) in [6, 6.07) is 15.4. The van der Waals surface area contributed by atoms with Gasteiger partial charge in [0.2, 0.25) is 0 Å². The average Bonchev–Trinajstić information content (AvgIpc) is 2.95. The van der Waals surface area contributed by atoms with Gasteiger partial charge in [-0.2, -0.15) is 0 Å². The van der Waals surface area contributed by atoms with Crippen molar-refractivity contribution in [2.75, 3.05) is 13.1 Å². The second kappa shape index (κ2) is 7.01. The summed E-state index contributed by atoms with van der Waals surface area (Å²) >= 11 is 0. The zero-order chi connectivity index (χ0) is 18.0. The Labute approximate surface area is 148 Å². The van der Waals surface area contributed by atoms with E-state index >= 15 is 0 Å². The van der Waals surface area contributed by atoms with Crippen LogP contribution >= 0.6 is 0 Å². The highest BCUT2D eigenvalue weighted by atomic mass is 16.3. The normalized spacial score (nSPS) is 11.0. The van der Waals surface area contributed by atoms with Crippen molar-refractivity contribution in [3.05, 3.63) is 65.4 Å². The summed E-state index contributed by atoms with van der Waals surface area (Å²) in [6.45, 7) is 8.03. The predicted molar refractivity (Wildman–Crippen MR) is 101 cm³/mol. The number of hydrogen-bond acceptors (Lipinski definition) is 2. The Hall–Kier alpha value is -2.75.